The van der Waals surface area contributed by atoms with Crippen LogP contribution in [0.5, 0.6) is 0 Å². The lowest BCUT2D eigenvalue weighted by molar-refractivity contribution is -0.108. The van der Waals surface area contributed by atoms with E-state index in [4.69, 9.17) is 16.7 Å². The number of hydrogen-bond acceptors (Lipinski definition) is 8. The van der Waals surface area contributed by atoms with Crippen LogP contribution in [0, 0.1) is 18.3 Å². The number of halogens is 1. The monoisotopic (exact) mass is 706 g/mol. The molecule has 3 aromatic rings. The van der Waals surface area contributed by atoms with Gasteiger partial charge in [-0.1, -0.05) is 62.2 Å². The van der Waals surface area contributed by atoms with Gasteiger partial charge in [-0.3, -0.25) is 14.8 Å². The summed E-state index contributed by atoms with van der Waals surface area (Å²) in [6, 6.07) is 16.6. The van der Waals surface area contributed by atoms with Gasteiger partial charge in [-0.25, -0.2) is 0 Å². The SMILES string of the molecule is CC/C=C(/NCCN1CCCCC1)c1cc(C#N)cc(-c2cccc(C3=NN(CC)/C(=C/CC)C(NC=O)=C3)c2)c1.CNc1c(C)cncc1Cl. The van der Waals surface area contributed by atoms with Crippen LogP contribution in [0.15, 0.2) is 89.6 Å². The molecule has 1 amide bonds. The number of nitrogens with one attached hydrogen (secondary N) is 3. The van der Waals surface area contributed by atoms with Gasteiger partial charge in [-0.2, -0.15) is 10.4 Å². The van der Waals surface area contributed by atoms with Crippen LogP contribution in [0.1, 0.15) is 75.1 Å². The Bertz CT molecular complexity index is 1780. The summed E-state index contributed by atoms with van der Waals surface area (Å²) in [6.45, 7) is 13.1. The molecule has 0 radical (unpaired) electrons. The van der Waals surface area contributed by atoms with E-state index in [0.717, 1.165) is 82.2 Å². The maximum absolute atomic E-state index is 11.4. The maximum atomic E-state index is 11.4. The first-order valence-corrected chi connectivity index (χ1v) is 18.3. The summed E-state index contributed by atoms with van der Waals surface area (Å²) in [5.41, 5.74) is 10.1. The Kier molecular flexibility index (Phi) is 15.3. The lowest BCUT2D eigenvalue weighted by Crippen LogP contribution is -2.35. The molecule has 1 fully saturated rings. The van der Waals surface area contributed by atoms with Crippen LogP contribution < -0.4 is 16.0 Å². The number of aryl methyl sites for hydroxylation is 1. The normalized spacial score (nSPS) is 15.6. The summed E-state index contributed by atoms with van der Waals surface area (Å²) in [4.78, 5) is 17.8. The van der Waals surface area contributed by atoms with Crippen LogP contribution in [-0.4, -0.2) is 66.8 Å². The van der Waals surface area contributed by atoms with E-state index in [1.807, 2.05) is 56.2 Å². The maximum Gasteiger partial charge on any atom is 0.211 e. The highest BCUT2D eigenvalue weighted by molar-refractivity contribution is 6.33. The fourth-order valence-corrected chi connectivity index (χ4v) is 6.58. The number of aromatic nitrogens is 1. The minimum Gasteiger partial charge on any atom is -0.387 e. The number of nitriles is 1. The van der Waals surface area contributed by atoms with E-state index in [1.165, 1.54) is 32.4 Å². The van der Waals surface area contributed by atoms with E-state index < -0.39 is 0 Å². The first-order chi connectivity index (χ1) is 24.8. The van der Waals surface area contributed by atoms with Gasteiger partial charge in [0, 0.05) is 50.3 Å². The summed E-state index contributed by atoms with van der Waals surface area (Å²) in [5.74, 6) is 0. The van der Waals surface area contributed by atoms with Crippen LogP contribution >= 0.6 is 11.6 Å². The van der Waals surface area contributed by atoms with Gasteiger partial charge in [-0.05, 0) is 105 Å². The number of amides is 1. The Hall–Kier alpha value is -4.91. The first-order valence-electron chi connectivity index (χ1n) is 17.9. The van der Waals surface area contributed by atoms with E-state index in [0.29, 0.717) is 23.5 Å². The van der Waals surface area contributed by atoms with Crippen LogP contribution in [0.4, 0.5) is 5.69 Å². The van der Waals surface area contributed by atoms with Crippen molar-refractivity contribution < 1.29 is 4.79 Å². The second-order valence-electron chi connectivity index (χ2n) is 12.4. The molecule has 0 unspecified atom stereocenters. The first kappa shape index (κ1) is 38.9. The average molecular weight is 707 g/mol. The molecule has 9 nitrogen and oxygen atoms in total. The molecular weight excluding hydrogens is 656 g/mol. The molecule has 0 saturated carbocycles. The summed E-state index contributed by atoms with van der Waals surface area (Å²) >= 11 is 5.80. The number of likely N-dealkylation sites (N-methyl/N-ethyl adjacent to an activating group) is 1. The van der Waals surface area contributed by atoms with Crippen molar-refractivity contribution in [3.8, 4) is 17.2 Å². The van der Waals surface area contributed by atoms with Crippen molar-refractivity contribution in [1.82, 2.24) is 25.5 Å². The number of pyridine rings is 1. The molecule has 2 aliphatic rings. The van der Waals surface area contributed by atoms with Gasteiger partial charge in [0.2, 0.25) is 6.41 Å². The van der Waals surface area contributed by atoms with Crippen molar-refractivity contribution in [2.75, 3.05) is 45.1 Å². The van der Waals surface area contributed by atoms with Gasteiger partial charge < -0.3 is 20.9 Å². The molecule has 0 aliphatic carbocycles. The molecule has 3 heterocycles. The fraction of sp³-hybridized carbons (Fsp3) is 0.366. The average Bonchev–Trinajstić information content (AvgIpc) is 3.16. The number of piperidine rings is 1. The molecule has 10 heteroatoms. The highest BCUT2D eigenvalue weighted by Gasteiger charge is 2.20. The molecule has 0 spiro atoms. The number of benzene rings is 2. The Morgan fingerprint density at radius 2 is 1.80 bits per heavy atom. The number of hydrazone groups is 1. The van der Waals surface area contributed by atoms with Gasteiger partial charge in [0.05, 0.1) is 39.4 Å². The van der Waals surface area contributed by atoms with Crippen molar-refractivity contribution in [3.63, 3.8) is 0 Å². The second-order valence-corrected chi connectivity index (χ2v) is 12.8. The molecule has 3 N–H and O–H groups in total. The van der Waals surface area contributed by atoms with Crippen molar-refractivity contribution in [2.24, 2.45) is 5.10 Å². The van der Waals surface area contributed by atoms with Gasteiger partial charge in [0.25, 0.3) is 0 Å². The van der Waals surface area contributed by atoms with Gasteiger partial charge in [0.15, 0.2) is 0 Å². The molecule has 1 saturated heterocycles. The number of allylic oxidation sites excluding steroid dienone is 3. The quantitative estimate of drug-likeness (QED) is 0.154. The predicted molar refractivity (Wildman–Crippen MR) is 211 cm³/mol. The summed E-state index contributed by atoms with van der Waals surface area (Å²) < 4.78 is 0. The number of carbonyl (C=O) groups is 1. The van der Waals surface area contributed by atoms with Gasteiger partial charge in [-0.15, -0.1) is 0 Å². The molecular formula is C41H51ClN8O. The molecule has 268 valence electrons. The summed E-state index contributed by atoms with van der Waals surface area (Å²) in [5, 5.41) is 26.9. The topological polar surface area (TPSA) is 109 Å². The molecule has 0 bridgehead atoms. The number of likely N-dealkylation sites (tertiary alicyclic amines) is 1. The zero-order valence-electron chi connectivity index (χ0n) is 30.6. The summed E-state index contributed by atoms with van der Waals surface area (Å²) in [6.07, 6.45) is 16.0. The van der Waals surface area contributed by atoms with E-state index in [-0.39, 0.29) is 0 Å². The van der Waals surface area contributed by atoms with Crippen molar-refractivity contribution in [2.45, 2.75) is 59.8 Å². The van der Waals surface area contributed by atoms with Crippen LogP contribution in [0.25, 0.3) is 16.8 Å². The van der Waals surface area contributed by atoms with E-state index >= 15 is 0 Å². The third kappa shape index (κ3) is 10.8. The Morgan fingerprint density at radius 1 is 1.02 bits per heavy atom. The highest BCUT2D eigenvalue weighted by Crippen LogP contribution is 2.28. The number of anilines is 1. The minimum absolute atomic E-state index is 0.626. The van der Waals surface area contributed by atoms with E-state index in [9.17, 15) is 10.1 Å². The molecule has 2 aromatic carbocycles. The smallest absolute Gasteiger partial charge is 0.211 e. The van der Waals surface area contributed by atoms with E-state index in [2.05, 4.69) is 76.1 Å². The third-order valence-electron chi connectivity index (χ3n) is 8.78. The Morgan fingerprint density at radius 3 is 2.45 bits per heavy atom. The van der Waals surface area contributed by atoms with Crippen LogP contribution in [-0.2, 0) is 4.79 Å². The Balaban J connectivity index is 0.000000502. The fourth-order valence-electron chi connectivity index (χ4n) is 6.28. The Labute approximate surface area is 308 Å². The number of nitrogens with zero attached hydrogens (tertiary/aromatic N) is 5. The summed E-state index contributed by atoms with van der Waals surface area (Å²) in [7, 11) is 1.84. The van der Waals surface area contributed by atoms with Crippen molar-refractivity contribution >= 4 is 35.1 Å². The second kappa shape index (κ2) is 20.1. The molecule has 2 aliphatic heterocycles. The number of hydrogen-bond donors (Lipinski definition) is 3. The molecule has 1 aromatic heterocycles. The predicted octanol–water partition coefficient (Wildman–Crippen LogP) is 8.10. The highest BCUT2D eigenvalue weighted by atomic mass is 35.5. The van der Waals surface area contributed by atoms with Gasteiger partial charge in [0.1, 0.15) is 0 Å². The molecule has 5 rings (SSSR count). The minimum atomic E-state index is 0.626. The standard InChI is InChI=1S/C34H42N6O.C7H9ClN2/c1-4-11-31(36-15-18-39-16-8-7-9-17-39)30-20-26(24-35)19-29(22-30)27-13-10-14-28(21-27)32-23-33(37-25-41)34(12-5-2)40(6-3)38-32;1-5-3-10-4-6(8)7(5)9-2/h10-14,19-23,25,36H,4-9,15-18H2,1-3H3,(H,37,41);3-4H,1-2H3,(H,9,10)/b31-11+,34-12+;. The van der Waals surface area contributed by atoms with Crippen LogP contribution in [0.2, 0.25) is 5.02 Å². The third-order valence-corrected chi connectivity index (χ3v) is 9.07. The zero-order chi connectivity index (χ0) is 36.6. The van der Waals surface area contributed by atoms with Gasteiger partial charge >= 0.3 is 0 Å². The molecule has 51 heavy (non-hydrogen) atoms. The number of rotatable bonds is 13. The molecule has 0 atom stereocenters. The van der Waals surface area contributed by atoms with Crippen LogP contribution in [0.3, 0.4) is 0 Å². The van der Waals surface area contributed by atoms with E-state index in [1.54, 1.807) is 12.4 Å². The van der Waals surface area contributed by atoms with Crippen molar-refractivity contribution in [1.29, 1.82) is 5.26 Å². The largest absolute Gasteiger partial charge is 0.387 e. The number of carbonyl (C=O) groups excluding carboxylic acids is 1. The van der Waals surface area contributed by atoms with Crippen molar-refractivity contribution in [3.05, 3.63) is 112 Å². The lowest BCUT2D eigenvalue weighted by Gasteiger charge is -2.27. The lowest BCUT2D eigenvalue weighted by atomic mass is 9.95. The zero-order valence-corrected chi connectivity index (χ0v) is 31.4.